The van der Waals surface area contributed by atoms with E-state index < -0.39 is 0 Å². The summed E-state index contributed by atoms with van der Waals surface area (Å²) in [4.78, 5) is 3.62. The second-order valence-electron chi connectivity index (χ2n) is 7.34. The summed E-state index contributed by atoms with van der Waals surface area (Å²) in [6.07, 6.45) is 0. The molecule has 1 aromatic heterocycles. The summed E-state index contributed by atoms with van der Waals surface area (Å²) >= 11 is 0. The van der Waals surface area contributed by atoms with E-state index in [0.29, 0.717) is 0 Å². The summed E-state index contributed by atoms with van der Waals surface area (Å²) in [6.45, 7) is 0. The Morgan fingerprint density at radius 1 is 0.387 bits per heavy atom. The van der Waals surface area contributed by atoms with Crippen molar-refractivity contribution in [3.8, 4) is 22.3 Å². The number of rotatable bonds is 6. The van der Waals surface area contributed by atoms with Crippen molar-refractivity contribution < 1.29 is 0 Å². The lowest BCUT2D eigenvalue weighted by atomic mass is 9.97. The van der Waals surface area contributed by atoms with E-state index in [1.165, 1.54) is 0 Å². The molecule has 4 aromatic carbocycles. The summed E-state index contributed by atoms with van der Waals surface area (Å²) in [6, 6.07) is 41.5. The van der Waals surface area contributed by atoms with E-state index in [2.05, 4.69) is 88.4 Å². The molecule has 0 spiro atoms. The maximum atomic E-state index is 3.62. The Morgan fingerprint density at radius 2 is 0.710 bits per heavy atom. The van der Waals surface area contributed by atoms with Gasteiger partial charge in [0.15, 0.2) is 0 Å². The van der Waals surface area contributed by atoms with Gasteiger partial charge in [0.1, 0.15) is 11.6 Å². The van der Waals surface area contributed by atoms with Crippen LogP contribution in [-0.2, 0) is 0 Å². The van der Waals surface area contributed by atoms with Crippen LogP contribution in [-0.4, -0.2) is 4.98 Å². The fraction of sp³-hybridized carbons (Fsp3) is 0. The molecule has 0 aliphatic rings. The van der Waals surface area contributed by atoms with E-state index in [9.17, 15) is 0 Å². The van der Waals surface area contributed by atoms with Crippen LogP contribution >= 0.6 is 0 Å². The van der Waals surface area contributed by atoms with Gasteiger partial charge in [-0.3, -0.25) is 0 Å². The van der Waals surface area contributed by atoms with Gasteiger partial charge in [-0.1, -0.05) is 97.1 Å². The normalized spacial score (nSPS) is 10.6. The van der Waals surface area contributed by atoms with Gasteiger partial charge in [0.2, 0.25) is 0 Å². The number of aromatic amines is 1. The van der Waals surface area contributed by atoms with Gasteiger partial charge in [-0.15, -0.1) is 0 Å². The van der Waals surface area contributed by atoms with Gasteiger partial charge in [0, 0.05) is 22.5 Å². The van der Waals surface area contributed by atoms with Crippen molar-refractivity contribution >= 4 is 23.0 Å². The minimum atomic E-state index is 0.953. The molecule has 3 heteroatoms. The second-order valence-corrected chi connectivity index (χ2v) is 7.34. The summed E-state index contributed by atoms with van der Waals surface area (Å²) in [5.74, 6) is 1.91. The minimum absolute atomic E-state index is 0.953. The fourth-order valence-corrected chi connectivity index (χ4v) is 3.81. The molecule has 0 unspecified atom stereocenters. The predicted molar refractivity (Wildman–Crippen MR) is 131 cm³/mol. The molecule has 5 aromatic rings. The van der Waals surface area contributed by atoms with E-state index in [-0.39, 0.29) is 0 Å². The molecule has 0 aliphatic carbocycles. The molecule has 0 fully saturated rings. The molecule has 0 saturated carbocycles. The molecule has 0 atom stereocenters. The molecular formula is C28H23N3. The van der Waals surface area contributed by atoms with Crippen LogP contribution in [0.25, 0.3) is 22.3 Å². The minimum Gasteiger partial charge on any atom is -0.341 e. The Labute approximate surface area is 182 Å². The molecule has 3 nitrogen and oxygen atoms in total. The SMILES string of the molecule is c1ccc(Nc2[nH]c(Nc3ccccc3)c(-c3ccccc3)c2-c2ccccc2)cc1. The fourth-order valence-electron chi connectivity index (χ4n) is 3.81. The lowest BCUT2D eigenvalue weighted by Crippen LogP contribution is -1.93. The first-order valence-corrected chi connectivity index (χ1v) is 10.4. The molecular weight excluding hydrogens is 378 g/mol. The van der Waals surface area contributed by atoms with Crippen molar-refractivity contribution in [2.45, 2.75) is 0 Å². The monoisotopic (exact) mass is 401 g/mol. The van der Waals surface area contributed by atoms with E-state index in [4.69, 9.17) is 0 Å². The zero-order valence-electron chi connectivity index (χ0n) is 17.0. The van der Waals surface area contributed by atoms with Gasteiger partial charge in [-0.05, 0) is 35.4 Å². The van der Waals surface area contributed by atoms with Gasteiger partial charge in [0.25, 0.3) is 0 Å². The Hall–Kier alpha value is -4.24. The number of anilines is 4. The first-order chi connectivity index (χ1) is 15.4. The largest absolute Gasteiger partial charge is 0.341 e. The van der Waals surface area contributed by atoms with Crippen molar-refractivity contribution in [3.63, 3.8) is 0 Å². The van der Waals surface area contributed by atoms with Crippen molar-refractivity contribution in [2.24, 2.45) is 0 Å². The lowest BCUT2D eigenvalue weighted by Gasteiger charge is -2.11. The zero-order valence-corrected chi connectivity index (χ0v) is 17.0. The quantitative estimate of drug-likeness (QED) is 0.271. The van der Waals surface area contributed by atoms with Gasteiger partial charge < -0.3 is 15.6 Å². The molecule has 0 amide bonds. The third kappa shape index (κ3) is 4.07. The summed E-state index contributed by atoms with van der Waals surface area (Å²) in [5, 5.41) is 7.18. The molecule has 31 heavy (non-hydrogen) atoms. The maximum absolute atomic E-state index is 3.62. The molecule has 1 heterocycles. The van der Waals surface area contributed by atoms with E-state index >= 15 is 0 Å². The maximum Gasteiger partial charge on any atom is 0.118 e. The van der Waals surface area contributed by atoms with Crippen molar-refractivity contribution in [2.75, 3.05) is 10.6 Å². The van der Waals surface area contributed by atoms with Crippen LogP contribution in [0.4, 0.5) is 23.0 Å². The number of hydrogen-bond acceptors (Lipinski definition) is 2. The molecule has 3 N–H and O–H groups in total. The number of nitrogens with one attached hydrogen (secondary N) is 3. The van der Waals surface area contributed by atoms with Crippen LogP contribution in [0.5, 0.6) is 0 Å². The van der Waals surface area contributed by atoms with E-state index in [1.54, 1.807) is 0 Å². The highest BCUT2D eigenvalue weighted by atomic mass is 15.1. The van der Waals surface area contributed by atoms with Crippen molar-refractivity contribution in [3.05, 3.63) is 121 Å². The van der Waals surface area contributed by atoms with Gasteiger partial charge in [-0.2, -0.15) is 0 Å². The Morgan fingerprint density at radius 3 is 1.06 bits per heavy atom. The zero-order chi connectivity index (χ0) is 20.9. The molecule has 0 bridgehead atoms. The predicted octanol–water partition coefficient (Wildman–Crippen LogP) is 7.84. The highest BCUT2D eigenvalue weighted by molar-refractivity contribution is 5.99. The van der Waals surface area contributed by atoms with E-state index in [1.807, 2.05) is 48.5 Å². The van der Waals surface area contributed by atoms with Crippen molar-refractivity contribution in [1.29, 1.82) is 0 Å². The highest BCUT2D eigenvalue weighted by Gasteiger charge is 2.21. The molecule has 5 rings (SSSR count). The third-order valence-corrected chi connectivity index (χ3v) is 5.21. The van der Waals surface area contributed by atoms with Crippen molar-refractivity contribution in [1.82, 2.24) is 4.98 Å². The number of H-pyrrole nitrogens is 1. The van der Waals surface area contributed by atoms with Gasteiger partial charge in [0.05, 0.1) is 0 Å². The van der Waals surface area contributed by atoms with Crippen LogP contribution in [0.15, 0.2) is 121 Å². The topological polar surface area (TPSA) is 39.9 Å². The number of para-hydroxylation sites is 2. The van der Waals surface area contributed by atoms with Crippen LogP contribution in [0.2, 0.25) is 0 Å². The number of benzene rings is 4. The van der Waals surface area contributed by atoms with Crippen LogP contribution in [0.3, 0.4) is 0 Å². The Balaban J connectivity index is 1.72. The Kier molecular flexibility index (Phi) is 5.23. The summed E-state index contributed by atoms with van der Waals surface area (Å²) < 4.78 is 0. The standard InChI is InChI=1S/C28H23N3/c1-5-13-21(14-6-1)25-26(22-15-7-2-8-16-22)28(30-24-19-11-4-12-20-24)31-27(25)29-23-17-9-3-10-18-23/h1-20,29-31H. The average molecular weight is 402 g/mol. The first kappa shape index (κ1) is 18.8. The number of hydrogen-bond donors (Lipinski definition) is 3. The van der Waals surface area contributed by atoms with E-state index in [0.717, 1.165) is 45.3 Å². The summed E-state index contributed by atoms with van der Waals surface area (Å²) in [7, 11) is 0. The second kappa shape index (κ2) is 8.64. The molecule has 0 aliphatic heterocycles. The average Bonchev–Trinajstić information content (AvgIpc) is 3.19. The first-order valence-electron chi connectivity index (χ1n) is 10.4. The smallest absolute Gasteiger partial charge is 0.118 e. The van der Waals surface area contributed by atoms with Gasteiger partial charge >= 0.3 is 0 Å². The number of aromatic nitrogens is 1. The molecule has 0 saturated heterocycles. The summed E-state index contributed by atoms with van der Waals surface area (Å²) in [5.41, 5.74) is 6.64. The molecule has 150 valence electrons. The Bertz CT molecular complexity index is 1150. The molecule has 0 radical (unpaired) electrons. The van der Waals surface area contributed by atoms with Crippen LogP contribution < -0.4 is 10.6 Å². The lowest BCUT2D eigenvalue weighted by molar-refractivity contribution is 1.35. The van der Waals surface area contributed by atoms with Crippen LogP contribution in [0, 0.1) is 0 Å². The highest BCUT2D eigenvalue weighted by Crippen LogP contribution is 2.44. The third-order valence-electron chi connectivity index (χ3n) is 5.21. The van der Waals surface area contributed by atoms with Crippen LogP contribution in [0.1, 0.15) is 0 Å². The van der Waals surface area contributed by atoms with Gasteiger partial charge in [-0.25, -0.2) is 0 Å².